The summed E-state index contributed by atoms with van der Waals surface area (Å²) in [5.41, 5.74) is 1.53. The van der Waals surface area contributed by atoms with Crippen LogP contribution in [-0.4, -0.2) is 28.0 Å². The zero-order chi connectivity index (χ0) is 28.3. The van der Waals surface area contributed by atoms with Crippen LogP contribution in [0.5, 0.6) is 0 Å². The molecule has 202 valence electrons. The van der Waals surface area contributed by atoms with Crippen LogP contribution in [0.25, 0.3) is 6.08 Å². The van der Waals surface area contributed by atoms with Crippen molar-refractivity contribution in [3.8, 4) is 0 Å². The molecule has 1 unspecified atom stereocenters. The minimum atomic E-state index is -0.522. The summed E-state index contributed by atoms with van der Waals surface area (Å²) in [5.74, 6) is -0.619. The van der Waals surface area contributed by atoms with E-state index in [9.17, 15) is 14.4 Å². The van der Waals surface area contributed by atoms with Gasteiger partial charge in [-0.05, 0) is 66.6 Å². The summed E-state index contributed by atoms with van der Waals surface area (Å²) in [6.07, 6.45) is 3.74. The summed E-state index contributed by atoms with van der Waals surface area (Å²) >= 11 is 7.70. The Morgan fingerprint density at radius 3 is 2.38 bits per heavy atom. The summed E-state index contributed by atoms with van der Waals surface area (Å²) in [7, 11) is 0. The Kier molecular flexibility index (Phi) is 10.1. The maximum Gasteiger partial charge on any atom is 0.272 e. The molecule has 1 aromatic heterocycles. The average molecular weight is 571 g/mol. The summed E-state index contributed by atoms with van der Waals surface area (Å²) in [6.45, 7) is 1.93. The van der Waals surface area contributed by atoms with E-state index in [4.69, 9.17) is 11.6 Å². The van der Waals surface area contributed by atoms with Crippen molar-refractivity contribution in [1.29, 1.82) is 0 Å². The van der Waals surface area contributed by atoms with Gasteiger partial charge in [0.2, 0.25) is 5.91 Å². The zero-order valence-electron chi connectivity index (χ0n) is 21.6. The smallest absolute Gasteiger partial charge is 0.272 e. The molecule has 0 fully saturated rings. The molecule has 0 spiro atoms. The predicted octanol–water partition coefficient (Wildman–Crippen LogP) is 6.65. The van der Waals surface area contributed by atoms with E-state index in [1.165, 1.54) is 17.8 Å². The second kappa shape index (κ2) is 14.1. The highest BCUT2D eigenvalue weighted by atomic mass is 35.5. The molecule has 0 saturated heterocycles. The highest BCUT2D eigenvalue weighted by Gasteiger charge is 2.20. The summed E-state index contributed by atoms with van der Waals surface area (Å²) in [5, 5.41) is 8.47. The van der Waals surface area contributed by atoms with Gasteiger partial charge in [0.15, 0.2) is 0 Å². The highest BCUT2D eigenvalue weighted by molar-refractivity contribution is 8.00. The van der Waals surface area contributed by atoms with Gasteiger partial charge < -0.3 is 16.0 Å². The van der Waals surface area contributed by atoms with E-state index >= 15 is 0 Å². The maximum atomic E-state index is 13.4. The number of aromatic nitrogens is 1. The number of hydrogen-bond acceptors (Lipinski definition) is 5. The van der Waals surface area contributed by atoms with E-state index in [0.717, 1.165) is 4.90 Å². The zero-order valence-corrected chi connectivity index (χ0v) is 23.2. The Balaban J connectivity index is 1.51. The first-order valence-electron chi connectivity index (χ1n) is 12.6. The van der Waals surface area contributed by atoms with Crippen molar-refractivity contribution in [2.45, 2.75) is 23.5 Å². The van der Waals surface area contributed by atoms with Crippen molar-refractivity contribution >= 4 is 58.7 Å². The Hall–Kier alpha value is -4.40. The molecule has 3 amide bonds. The quantitative estimate of drug-likeness (QED) is 0.146. The maximum absolute atomic E-state index is 13.4. The predicted molar refractivity (Wildman–Crippen MR) is 161 cm³/mol. The van der Waals surface area contributed by atoms with Crippen molar-refractivity contribution in [1.82, 2.24) is 10.3 Å². The lowest BCUT2D eigenvalue weighted by Gasteiger charge is -2.15. The molecule has 40 heavy (non-hydrogen) atoms. The first-order chi connectivity index (χ1) is 19.4. The van der Waals surface area contributed by atoms with Crippen LogP contribution < -0.4 is 16.0 Å². The number of anilines is 2. The lowest BCUT2D eigenvalue weighted by Crippen LogP contribution is -2.30. The van der Waals surface area contributed by atoms with E-state index in [0.29, 0.717) is 34.1 Å². The number of amides is 3. The molecule has 7 nitrogen and oxygen atoms in total. The van der Waals surface area contributed by atoms with Gasteiger partial charge in [-0.15, -0.1) is 11.8 Å². The number of benzene rings is 3. The summed E-state index contributed by atoms with van der Waals surface area (Å²) < 4.78 is 0. The van der Waals surface area contributed by atoms with E-state index in [-0.39, 0.29) is 16.9 Å². The molecule has 3 aromatic carbocycles. The third kappa shape index (κ3) is 8.05. The SMILES string of the molecule is CCC(Sc1cccc(NC(=O)/C(=C\c2ccccc2Cl)NC(=O)c2ccccc2)c1)C(=O)Nc1ccccn1. The van der Waals surface area contributed by atoms with Gasteiger partial charge in [0, 0.05) is 27.4 Å². The standard InChI is InChI=1S/C31H27ClN4O3S/c1-2-27(31(39)36-28-17-8-9-18-33-28)40-24-15-10-14-23(20-24)34-30(38)26(19-22-13-6-7-16-25(22)32)35-29(37)21-11-4-3-5-12-21/h3-20,27H,2H2,1H3,(H,34,38)(H,35,37)(H,33,36,39)/b26-19+. The third-order valence-corrected chi connectivity index (χ3v) is 7.39. The van der Waals surface area contributed by atoms with Gasteiger partial charge >= 0.3 is 0 Å². The van der Waals surface area contributed by atoms with Crippen LogP contribution in [0.3, 0.4) is 0 Å². The molecule has 4 rings (SSSR count). The van der Waals surface area contributed by atoms with Crippen LogP contribution in [-0.2, 0) is 9.59 Å². The molecule has 9 heteroatoms. The largest absolute Gasteiger partial charge is 0.321 e. The van der Waals surface area contributed by atoms with Crippen molar-refractivity contribution in [3.63, 3.8) is 0 Å². The number of halogens is 1. The number of carbonyl (C=O) groups excluding carboxylic acids is 3. The van der Waals surface area contributed by atoms with Crippen molar-refractivity contribution in [2.75, 3.05) is 10.6 Å². The number of nitrogens with one attached hydrogen (secondary N) is 3. The fraction of sp³-hybridized carbons (Fsp3) is 0.0968. The molecule has 0 aliphatic rings. The fourth-order valence-electron chi connectivity index (χ4n) is 3.67. The molecule has 0 aliphatic carbocycles. The minimum absolute atomic E-state index is 0.0289. The van der Waals surface area contributed by atoms with Crippen LogP contribution in [0.2, 0.25) is 5.02 Å². The molecule has 0 bridgehead atoms. The van der Waals surface area contributed by atoms with Gasteiger partial charge in [-0.2, -0.15) is 0 Å². The number of thioether (sulfide) groups is 1. The second-order valence-electron chi connectivity index (χ2n) is 8.60. The second-order valence-corrected chi connectivity index (χ2v) is 10.3. The number of hydrogen-bond donors (Lipinski definition) is 3. The lowest BCUT2D eigenvalue weighted by atomic mass is 10.1. The number of carbonyl (C=O) groups is 3. The molecule has 0 saturated carbocycles. The molecular formula is C31H27ClN4O3S. The van der Waals surface area contributed by atoms with E-state index in [1.54, 1.807) is 97.2 Å². The Morgan fingerprint density at radius 1 is 0.900 bits per heavy atom. The first-order valence-corrected chi connectivity index (χ1v) is 13.8. The van der Waals surface area contributed by atoms with Gasteiger partial charge in [-0.25, -0.2) is 4.98 Å². The van der Waals surface area contributed by atoms with Crippen molar-refractivity contribution in [3.05, 3.63) is 125 Å². The average Bonchev–Trinajstić information content (AvgIpc) is 2.97. The summed E-state index contributed by atoms with van der Waals surface area (Å²) in [6, 6.07) is 28.2. The van der Waals surface area contributed by atoms with Crippen LogP contribution in [0.15, 0.2) is 114 Å². The number of pyridine rings is 1. The van der Waals surface area contributed by atoms with E-state index < -0.39 is 11.8 Å². The molecule has 0 radical (unpaired) electrons. The topological polar surface area (TPSA) is 100 Å². The molecule has 0 aliphatic heterocycles. The van der Waals surface area contributed by atoms with Gasteiger partial charge in [-0.3, -0.25) is 14.4 Å². The van der Waals surface area contributed by atoms with Crippen LogP contribution in [0, 0.1) is 0 Å². The van der Waals surface area contributed by atoms with E-state index in [1.807, 2.05) is 13.0 Å². The normalized spacial score (nSPS) is 11.8. The highest BCUT2D eigenvalue weighted by Crippen LogP contribution is 2.29. The monoisotopic (exact) mass is 570 g/mol. The third-order valence-electron chi connectivity index (χ3n) is 5.68. The molecule has 3 N–H and O–H groups in total. The van der Waals surface area contributed by atoms with Crippen molar-refractivity contribution in [2.24, 2.45) is 0 Å². The fourth-order valence-corrected chi connectivity index (χ4v) is 4.87. The molecular weight excluding hydrogens is 544 g/mol. The number of nitrogens with zero attached hydrogens (tertiary/aromatic N) is 1. The van der Waals surface area contributed by atoms with Gasteiger partial charge in [0.25, 0.3) is 11.8 Å². The molecule has 1 heterocycles. The van der Waals surface area contributed by atoms with Crippen LogP contribution in [0.1, 0.15) is 29.3 Å². The summed E-state index contributed by atoms with van der Waals surface area (Å²) in [4.78, 5) is 44.0. The van der Waals surface area contributed by atoms with E-state index in [2.05, 4.69) is 20.9 Å². The van der Waals surface area contributed by atoms with Crippen LogP contribution >= 0.6 is 23.4 Å². The van der Waals surface area contributed by atoms with Crippen molar-refractivity contribution < 1.29 is 14.4 Å². The Labute approximate surface area is 242 Å². The Bertz CT molecular complexity index is 1510. The van der Waals surface area contributed by atoms with Gasteiger partial charge in [0.1, 0.15) is 11.5 Å². The molecule has 1 atom stereocenters. The lowest BCUT2D eigenvalue weighted by molar-refractivity contribution is -0.116. The first kappa shape index (κ1) is 28.6. The minimum Gasteiger partial charge on any atom is -0.321 e. The Morgan fingerprint density at radius 2 is 1.65 bits per heavy atom. The number of rotatable bonds is 10. The molecule has 4 aromatic rings. The van der Waals surface area contributed by atoms with Gasteiger partial charge in [-0.1, -0.05) is 67.1 Å². The van der Waals surface area contributed by atoms with Gasteiger partial charge in [0.05, 0.1) is 5.25 Å². The van der Waals surface area contributed by atoms with Crippen LogP contribution in [0.4, 0.5) is 11.5 Å².